The molecule has 0 fully saturated rings. The molecule has 82 valence electrons. The zero-order valence-corrected chi connectivity index (χ0v) is 9.59. The number of carbonyl (C=O) groups excluding carboxylic acids is 1. The summed E-state index contributed by atoms with van der Waals surface area (Å²) >= 11 is 3.17. The molecule has 0 aliphatic carbocycles. The number of halogens is 2. The summed E-state index contributed by atoms with van der Waals surface area (Å²) in [6, 6.07) is 4.20. The molecule has 0 radical (unpaired) electrons. The molecule has 0 aliphatic rings. The van der Waals surface area contributed by atoms with Crippen LogP contribution in [0.4, 0.5) is 4.39 Å². The van der Waals surface area contributed by atoms with Crippen LogP contribution in [0.2, 0.25) is 0 Å². The molecule has 0 spiro atoms. The van der Waals surface area contributed by atoms with Gasteiger partial charge in [0.05, 0.1) is 12.2 Å². The fraction of sp³-hybridized carbons (Fsp3) is 0.300. The van der Waals surface area contributed by atoms with Gasteiger partial charge in [-0.3, -0.25) is 4.79 Å². The van der Waals surface area contributed by atoms with Crippen LogP contribution >= 0.6 is 15.9 Å². The van der Waals surface area contributed by atoms with Crippen molar-refractivity contribution in [1.29, 1.82) is 0 Å². The maximum Gasteiger partial charge on any atom is 0.191 e. The van der Waals surface area contributed by atoms with Gasteiger partial charge in [-0.1, -0.05) is 15.9 Å². The zero-order chi connectivity index (χ0) is 11.3. The molecule has 5 heteroatoms. The van der Waals surface area contributed by atoms with Crippen molar-refractivity contribution in [1.82, 2.24) is 0 Å². The van der Waals surface area contributed by atoms with E-state index in [9.17, 15) is 9.18 Å². The first-order valence-electron chi connectivity index (χ1n) is 4.41. The highest BCUT2D eigenvalue weighted by molar-refractivity contribution is 9.10. The maximum atomic E-state index is 13.2. The van der Waals surface area contributed by atoms with E-state index < -0.39 is 5.82 Å². The topological polar surface area (TPSA) is 52.3 Å². The van der Waals surface area contributed by atoms with Gasteiger partial charge in [0, 0.05) is 11.0 Å². The van der Waals surface area contributed by atoms with E-state index in [4.69, 9.17) is 10.5 Å². The second kappa shape index (κ2) is 5.95. The first-order chi connectivity index (χ1) is 7.15. The summed E-state index contributed by atoms with van der Waals surface area (Å²) in [7, 11) is 0. The number of hydrogen-bond donors (Lipinski definition) is 1. The van der Waals surface area contributed by atoms with E-state index in [1.807, 2.05) is 0 Å². The minimum atomic E-state index is -0.542. The fourth-order valence-electron chi connectivity index (χ4n) is 1.04. The van der Waals surface area contributed by atoms with Gasteiger partial charge in [-0.2, -0.15) is 0 Å². The molecule has 1 rings (SSSR count). The van der Waals surface area contributed by atoms with Crippen LogP contribution in [0, 0.1) is 5.82 Å². The summed E-state index contributed by atoms with van der Waals surface area (Å²) < 4.78 is 18.8. The number of nitrogens with two attached hydrogens (primary N) is 1. The molecule has 0 bridgehead atoms. The minimum Gasteiger partial charge on any atom is -0.372 e. The van der Waals surface area contributed by atoms with Crippen molar-refractivity contribution in [2.75, 3.05) is 19.8 Å². The van der Waals surface area contributed by atoms with Gasteiger partial charge >= 0.3 is 0 Å². The minimum absolute atomic E-state index is 0.0291. The Balaban J connectivity index is 2.68. The van der Waals surface area contributed by atoms with E-state index >= 15 is 0 Å². The monoisotopic (exact) mass is 275 g/mol. The van der Waals surface area contributed by atoms with Gasteiger partial charge in [-0.25, -0.2) is 4.39 Å². The van der Waals surface area contributed by atoms with E-state index in [1.165, 1.54) is 18.2 Å². The Labute approximate surface area is 95.5 Å². The summed E-state index contributed by atoms with van der Waals surface area (Å²) in [5.41, 5.74) is 5.22. The van der Waals surface area contributed by atoms with Crippen molar-refractivity contribution in [3.8, 4) is 0 Å². The highest BCUT2D eigenvalue weighted by Crippen LogP contribution is 2.16. The third-order valence-corrected chi connectivity index (χ3v) is 2.22. The summed E-state index contributed by atoms with van der Waals surface area (Å²) in [6.45, 7) is 0.486. The number of rotatable bonds is 5. The Kier molecular flexibility index (Phi) is 4.87. The lowest BCUT2D eigenvalue weighted by Crippen LogP contribution is -2.15. The predicted octanol–water partition coefficient (Wildman–Crippen LogP) is 1.75. The third-order valence-electron chi connectivity index (χ3n) is 1.72. The Morgan fingerprint density at radius 2 is 2.27 bits per heavy atom. The molecular weight excluding hydrogens is 265 g/mol. The molecule has 0 atom stereocenters. The van der Waals surface area contributed by atoms with Gasteiger partial charge in [0.1, 0.15) is 12.4 Å². The Hall–Kier alpha value is -0.780. The van der Waals surface area contributed by atoms with E-state index in [1.54, 1.807) is 0 Å². The fourth-order valence-corrected chi connectivity index (χ4v) is 1.40. The van der Waals surface area contributed by atoms with Crippen LogP contribution in [0.25, 0.3) is 0 Å². The van der Waals surface area contributed by atoms with Crippen LogP contribution < -0.4 is 5.73 Å². The Morgan fingerprint density at radius 1 is 1.53 bits per heavy atom. The smallest absolute Gasteiger partial charge is 0.191 e. The molecular formula is C10H11BrFNO2. The van der Waals surface area contributed by atoms with Gasteiger partial charge in [-0.05, 0) is 18.2 Å². The first-order valence-corrected chi connectivity index (χ1v) is 5.20. The lowest BCUT2D eigenvalue weighted by molar-refractivity contribution is 0.0770. The van der Waals surface area contributed by atoms with Crippen molar-refractivity contribution in [2.24, 2.45) is 5.73 Å². The molecule has 0 aliphatic heterocycles. The molecule has 2 N–H and O–H groups in total. The van der Waals surface area contributed by atoms with Gasteiger partial charge in [-0.15, -0.1) is 0 Å². The van der Waals surface area contributed by atoms with E-state index in [2.05, 4.69) is 15.9 Å². The average molecular weight is 276 g/mol. The second-order valence-corrected chi connectivity index (χ2v) is 3.80. The largest absolute Gasteiger partial charge is 0.372 e. The highest BCUT2D eigenvalue weighted by atomic mass is 79.9. The summed E-state index contributed by atoms with van der Waals surface area (Å²) in [5.74, 6) is -0.929. The van der Waals surface area contributed by atoms with Crippen LogP contribution in [0.5, 0.6) is 0 Å². The molecule has 0 saturated carbocycles. The number of Topliss-reactive ketones (excluding diaryl/α,β-unsaturated/α-hetero) is 1. The normalized spacial score (nSPS) is 10.3. The van der Waals surface area contributed by atoms with Crippen molar-refractivity contribution in [3.05, 3.63) is 34.1 Å². The van der Waals surface area contributed by atoms with E-state index in [0.29, 0.717) is 17.6 Å². The van der Waals surface area contributed by atoms with E-state index in [0.717, 1.165) is 0 Å². The Morgan fingerprint density at radius 3 is 2.93 bits per heavy atom. The summed E-state index contributed by atoms with van der Waals surface area (Å²) in [6.07, 6.45) is 0. The highest BCUT2D eigenvalue weighted by Gasteiger charge is 2.11. The van der Waals surface area contributed by atoms with E-state index in [-0.39, 0.29) is 18.0 Å². The van der Waals surface area contributed by atoms with Crippen molar-refractivity contribution >= 4 is 21.7 Å². The van der Waals surface area contributed by atoms with Crippen LogP contribution in [0.1, 0.15) is 10.4 Å². The second-order valence-electron chi connectivity index (χ2n) is 2.89. The SMILES string of the molecule is NCCOCC(=O)c1cc(Br)ccc1F. The molecule has 1 aromatic carbocycles. The third kappa shape index (κ3) is 3.70. The number of carbonyl (C=O) groups is 1. The van der Waals surface area contributed by atoms with Crippen LogP contribution in [-0.2, 0) is 4.74 Å². The summed E-state index contributed by atoms with van der Waals surface area (Å²) in [4.78, 5) is 11.5. The number of ether oxygens (including phenoxy) is 1. The standard InChI is InChI=1S/C10H11BrFNO2/c11-7-1-2-9(12)8(5-7)10(14)6-15-4-3-13/h1-2,5H,3-4,6,13H2. The van der Waals surface area contributed by atoms with Gasteiger partial charge in [0.2, 0.25) is 0 Å². The zero-order valence-electron chi connectivity index (χ0n) is 8.00. The predicted molar refractivity (Wildman–Crippen MR) is 58.3 cm³/mol. The number of ketones is 1. The number of benzene rings is 1. The number of hydrogen-bond acceptors (Lipinski definition) is 3. The molecule has 1 aromatic rings. The van der Waals surface area contributed by atoms with Crippen molar-refractivity contribution < 1.29 is 13.9 Å². The average Bonchev–Trinajstić information content (AvgIpc) is 2.22. The molecule has 15 heavy (non-hydrogen) atoms. The maximum absolute atomic E-state index is 13.2. The van der Waals surface area contributed by atoms with Crippen LogP contribution in [0.15, 0.2) is 22.7 Å². The lowest BCUT2D eigenvalue weighted by Gasteiger charge is -2.03. The molecule has 0 unspecified atom stereocenters. The van der Waals surface area contributed by atoms with Crippen LogP contribution in [0.3, 0.4) is 0 Å². The van der Waals surface area contributed by atoms with Crippen LogP contribution in [-0.4, -0.2) is 25.5 Å². The molecule has 0 heterocycles. The quantitative estimate of drug-likeness (QED) is 0.658. The van der Waals surface area contributed by atoms with Crippen molar-refractivity contribution in [2.45, 2.75) is 0 Å². The van der Waals surface area contributed by atoms with Gasteiger partial charge in [0.25, 0.3) is 0 Å². The Bertz CT molecular complexity index is 357. The summed E-state index contributed by atoms with van der Waals surface area (Å²) in [5, 5.41) is 0. The molecule has 3 nitrogen and oxygen atoms in total. The van der Waals surface area contributed by atoms with Gasteiger partial charge < -0.3 is 10.5 Å². The molecule has 0 amide bonds. The molecule has 0 saturated heterocycles. The molecule has 0 aromatic heterocycles. The lowest BCUT2D eigenvalue weighted by atomic mass is 10.1. The van der Waals surface area contributed by atoms with Gasteiger partial charge in [0.15, 0.2) is 5.78 Å². The van der Waals surface area contributed by atoms with Crippen molar-refractivity contribution in [3.63, 3.8) is 0 Å². The first kappa shape index (κ1) is 12.3.